The summed E-state index contributed by atoms with van der Waals surface area (Å²) in [6.45, 7) is 2.69. The molecule has 0 bridgehead atoms. The molecular formula is C16H15Cl2F2N. The molecule has 1 unspecified atom stereocenters. The summed E-state index contributed by atoms with van der Waals surface area (Å²) in [5, 5.41) is 4.47. The Balaban J connectivity index is 2.30. The Kier molecular flexibility index (Phi) is 5.57. The lowest BCUT2D eigenvalue weighted by molar-refractivity contribution is 0.502. The van der Waals surface area contributed by atoms with Gasteiger partial charge in [0.2, 0.25) is 0 Å². The first-order chi connectivity index (χ1) is 10.0. The van der Waals surface area contributed by atoms with E-state index in [2.05, 4.69) is 5.32 Å². The molecule has 112 valence electrons. The molecule has 0 aliphatic carbocycles. The highest BCUT2D eigenvalue weighted by atomic mass is 35.5. The molecule has 2 aromatic rings. The maximum Gasteiger partial charge on any atom is 0.159 e. The van der Waals surface area contributed by atoms with Crippen LogP contribution in [0, 0.1) is 11.6 Å². The Morgan fingerprint density at radius 2 is 1.81 bits per heavy atom. The Morgan fingerprint density at radius 1 is 1.05 bits per heavy atom. The fourth-order valence-corrected chi connectivity index (χ4v) is 2.65. The van der Waals surface area contributed by atoms with Gasteiger partial charge in [-0.25, -0.2) is 8.78 Å². The van der Waals surface area contributed by atoms with E-state index < -0.39 is 11.6 Å². The quantitative estimate of drug-likeness (QED) is 0.798. The molecule has 21 heavy (non-hydrogen) atoms. The Morgan fingerprint density at radius 3 is 2.48 bits per heavy atom. The summed E-state index contributed by atoms with van der Waals surface area (Å²) < 4.78 is 26.3. The van der Waals surface area contributed by atoms with Crippen molar-refractivity contribution in [1.82, 2.24) is 5.32 Å². The number of hydrogen-bond donors (Lipinski definition) is 1. The summed E-state index contributed by atoms with van der Waals surface area (Å²) in [5.74, 6) is -1.69. The molecule has 0 heterocycles. The zero-order valence-corrected chi connectivity index (χ0v) is 13.0. The van der Waals surface area contributed by atoms with Crippen LogP contribution in [0.1, 0.15) is 24.1 Å². The van der Waals surface area contributed by atoms with E-state index in [1.165, 1.54) is 6.07 Å². The minimum atomic E-state index is -0.848. The van der Waals surface area contributed by atoms with Gasteiger partial charge < -0.3 is 5.32 Å². The lowest BCUT2D eigenvalue weighted by atomic mass is 9.98. The van der Waals surface area contributed by atoms with E-state index >= 15 is 0 Å². The molecule has 0 aliphatic heterocycles. The molecule has 2 aromatic carbocycles. The van der Waals surface area contributed by atoms with Crippen molar-refractivity contribution in [3.63, 3.8) is 0 Å². The predicted molar refractivity (Wildman–Crippen MR) is 82.9 cm³/mol. The summed E-state index contributed by atoms with van der Waals surface area (Å²) in [4.78, 5) is 0. The second-order valence-corrected chi connectivity index (χ2v) is 5.57. The van der Waals surface area contributed by atoms with Gasteiger partial charge in [-0.3, -0.25) is 0 Å². The predicted octanol–water partition coefficient (Wildman–Crippen LogP) is 5.16. The van der Waals surface area contributed by atoms with Crippen LogP contribution in [0.25, 0.3) is 0 Å². The zero-order valence-electron chi connectivity index (χ0n) is 11.5. The van der Waals surface area contributed by atoms with Crippen LogP contribution in [0.2, 0.25) is 10.0 Å². The third-order valence-electron chi connectivity index (χ3n) is 3.21. The highest BCUT2D eigenvalue weighted by Gasteiger charge is 2.16. The van der Waals surface area contributed by atoms with E-state index in [0.29, 0.717) is 22.0 Å². The van der Waals surface area contributed by atoms with Crippen LogP contribution in [-0.2, 0) is 6.42 Å². The fraction of sp³-hybridized carbons (Fsp3) is 0.250. The van der Waals surface area contributed by atoms with Crippen molar-refractivity contribution in [2.45, 2.75) is 19.4 Å². The average Bonchev–Trinajstić information content (AvgIpc) is 2.45. The summed E-state index contributed by atoms with van der Waals surface area (Å²) in [6.07, 6.45) is 0.491. The number of likely N-dealkylation sites (N-methyl/N-ethyl adjacent to an activating group) is 1. The molecule has 0 spiro atoms. The first kappa shape index (κ1) is 16.2. The summed E-state index contributed by atoms with van der Waals surface area (Å²) in [7, 11) is 0. The Bertz CT molecular complexity index is 632. The van der Waals surface area contributed by atoms with Gasteiger partial charge >= 0.3 is 0 Å². The lowest BCUT2D eigenvalue weighted by Gasteiger charge is -2.20. The van der Waals surface area contributed by atoms with Crippen LogP contribution in [0.15, 0.2) is 36.4 Å². The molecule has 0 radical (unpaired) electrons. The van der Waals surface area contributed by atoms with Crippen LogP contribution >= 0.6 is 23.2 Å². The molecule has 1 N–H and O–H groups in total. The number of benzene rings is 2. The number of halogens is 4. The van der Waals surface area contributed by atoms with Gasteiger partial charge in [-0.05, 0) is 54.4 Å². The maximum atomic E-state index is 13.3. The third-order valence-corrected chi connectivity index (χ3v) is 3.79. The second kappa shape index (κ2) is 7.21. The minimum absolute atomic E-state index is 0.119. The van der Waals surface area contributed by atoms with Gasteiger partial charge in [-0.2, -0.15) is 0 Å². The summed E-state index contributed by atoms with van der Waals surface area (Å²) >= 11 is 12.2. The number of nitrogens with one attached hydrogen (secondary N) is 1. The molecule has 5 heteroatoms. The lowest BCUT2D eigenvalue weighted by Crippen LogP contribution is -2.23. The van der Waals surface area contributed by atoms with Gasteiger partial charge in [0.15, 0.2) is 11.6 Å². The van der Waals surface area contributed by atoms with Crippen molar-refractivity contribution >= 4 is 23.2 Å². The van der Waals surface area contributed by atoms with Crippen molar-refractivity contribution < 1.29 is 8.78 Å². The van der Waals surface area contributed by atoms with Crippen LogP contribution in [-0.4, -0.2) is 6.54 Å². The van der Waals surface area contributed by atoms with Gasteiger partial charge in [-0.15, -0.1) is 0 Å². The van der Waals surface area contributed by atoms with E-state index in [1.807, 2.05) is 6.92 Å². The van der Waals surface area contributed by atoms with Crippen LogP contribution < -0.4 is 5.32 Å². The van der Waals surface area contributed by atoms with Gasteiger partial charge in [0, 0.05) is 16.1 Å². The van der Waals surface area contributed by atoms with Crippen molar-refractivity contribution in [3.05, 3.63) is 69.2 Å². The fourth-order valence-electron chi connectivity index (χ4n) is 2.22. The third kappa shape index (κ3) is 4.16. The highest BCUT2D eigenvalue weighted by Crippen LogP contribution is 2.29. The van der Waals surface area contributed by atoms with E-state index in [1.54, 1.807) is 24.3 Å². The Hall–Kier alpha value is -1.16. The van der Waals surface area contributed by atoms with Crippen molar-refractivity contribution in [1.29, 1.82) is 0 Å². The van der Waals surface area contributed by atoms with E-state index in [4.69, 9.17) is 23.2 Å². The normalized spacial score (nSPS) is 12.4. The molecule has 0 saturated carbocycles. The molecular weight excluding hydrogens is 315 g/mol. The monoisotopic (exact) mass is 329 g/mol. The van der Waals surface area contributed by atoms with Gasteiger partial charge in [0.25, 0.3) is 0 Å². The zero-order chi connectivity index (χ0) is 15.4. The topological polar surface area (TPSA) is 12.0 Å². The summed E-state index contributed by atoms with van der Waals surface area (Å²) in [5.41, 5.74) is 1.53. The van der Waals surface area contributed by atoms with Gasteiger partial charge in [0.1, 0.15) is 0 Å². The molecule has 0 amide bonds. The van der Waals surface area contributed by atoms with E-state index in [-0.39, 0.29) is 6.04 Å². The van der Waals surface area contributed by atoms with Crippen LogP contribution in [0.4, 0.5) is 8.78 Å². The molecule has 0 saturated heterocycles. The highest BCUT2D eigenvalue weighted by molar-refractivity contribution is 6.33. The van der Waals surface area contributed by atoms with Crippen LogP contribution in [0.3, 0.4) is 0 Å². The Labute approximate surface area is 132 Å². The molecule has 0 fully saturated rings. The van der Waals surface area contributed by atoms with Crippen LogP contribution in [0.5, 0.6) is 0 Å². The van der Waals surface area contributed by atoms with E-state index in [9.17, 15) is 8.78 Å². The number of hydrogen-bond acceptors (Lipinski definition) is 1. The summed E-state index contributed by atoms with van der Waals surface area (Å²) in [6, 6.07) is 9.03. The second-order valence-electron chi connectivity index (χ2n) is 4.73. The molecule has 2 rings (SSSR count). The average molecular weight is 330 g/mol. The van der Waals surface area contributed by atoms with Gasteiger partial charge in [0.05, 0.1) is 0 Å². The SMILES string of the molecule is CCNC(Cc1ccc(F)c(F)c1)c1cc(Cl)ccc1Cl. The van der Waals surface area contributed by atoms with Crippen molar-refractivity contribution in [2.75, 3.05) is 6.54 Å². The van der Waals surface area contributed by atoms with Crippen molar-refractivity contribution in [3.8, 4) is 0 Å². The van der Waals surface area contributed by atoms with Crippen molar-refractivity contribution in [2.24, 2.45) is 0 Å². The molecule has 1 atom stereocenters. The smallest absolute Gasteiger partial charge is 0.159 e. The standard InChI is InChI=1S/C16H15Cl2F2N/c1-2-21-16(12-9-11(17)4-5-13(12)18)8-10-3-6-14(19)15(20)7-10/h3-7,9,16,21H,2,8H2,1H3. The minimum Gasteiger partial charge on any atom is -0.310 e. The first-order valence-corrected chi connectivity index (χ1v) is 7.39. The van der Waals surface area contributed by atoms with E-state index in [0.717, 1.165) is 18.2 Å². The molecule has 0 aliphatic rings. The maximum absolute atomic E-state index is 13.3. The first-order valence-electron chi connectivity index (χ1n) is 6.63. The molecule has 0 aromatic heterocycles. The number of rotatable bonds is 5. The largest absolute Gasteiger partial charge is 0.310 e. The van der Waals surface area contributed by atoms with Gasteiger partial charge in [-0.1, -0.05) is 36.2 Å². The molecule has 1 nitrogen and oxygen atoms in total.